The molecule has 1 aromatic heterocycles. The van der Waals surface area contributed by atoms with E-state index in [4.69, 9.17) is 0 Å². The van der Waals surface area contributed by atoms with Crippen LogP contribution in [0.3, 0.4) is 0 Å². The van der Waals surface area contributed by atoms with Crippen LogP contribution in [0.2, 0.25) is 0 Å². The number of hydrogen-bond donors (Lipinski definition) is 3. The molecular formula is C10H16N4O2. The van der Waals surface area contributed by atoms with Crippen LogP contribution in [0.4, 0.5) is 5.82 Å². The molecule has 6 heteroatoms. The van der Waals surface area contributed by atoms with Gasteiger partial charge in [-0.1, -0.05) is 6.92 Å². The molecule has 3 N–H and O–H groups in total. The number of amides is 2. The lowest BCUT2D eigenvalue weighted by Crippen LogP contribution is -2.25. The summed E-state index contributed by atoms with van der Waals surface area (Å²) in [6.45, 7) is 3.75. The van der Waals surface area contributed by atoms with Crippen LogP contribution in [0.15, 0.2) is 6.07 Å². The molecule has 0 radical (unpaired) electrons. The zero-order valence-corrected chi connectivity index (χ0v) is 9.46. The van der Waals surface area contributed by atoms with Crippen molar-refractivity contribution in [1.82, 2.24) is 15.5 Å². The minimum Gasteiger partial charge on any atom is -0.356 e. The zero-order chi connectivity index (χ0) is 12.0. The highest BCUT2D eigenvalue weighted by atomic mass is 16.2. The summed E-state index contributed by atoms with van der Waals surface area (Å²) in [6, 6.07) is 1.79. The van der Waals surface area contributed by atoms with E-state index in [0.29, 0.717) is 12.4 Å². The molecule has 1 rings (SSSR count). The quantitative estimate of drug-likeness (QED) is 0.678. The molecule has 0 atom stereocenters. The van der Waals surface area contributed by atoms with Crippen molar-refractivity contribution in [2.75, 3.05) is 11.9 Å². The Balaban J connectivity index is 2.31. The van der Waals surface area contributed by atoms with Gasteiger partial charge in [-0.25, -0.2) is 0 Å². The molecule has 0 aliphatic carbocycles. The number of rotatable bonds is 5. The Morgan fingerprint density at radius 3 is 2.81 bits per heavy atom. The van der Waals surface area contributed by atoms with Crippen LogP contribution >= 0.6 is 0 Å². The number of anilines is 1. The molecule has 0 bridgehead atoms. The van der Waals surface area contributed by atoms with Crippen LogP contribution < -0.4 is 10.6 Å². The van der Waals surface area contributed by atoms with Crippen LogP contribution in [0.25, 0.3) is 0 Å². The molecule has 0 unspecified atom stereocenters. The lowest BCUT2D eigenvalue weighted by Gasteiger charge is -2.02. The molecule has 0 saturated carbocycles. The Bertz CT molecular complexity index is 373. The third kappa shape index (κ3) is 4.12. The van der Waals surface area contributed by atoms with E-state index in [-0.39, 0.29) is 18.2 Å². The molecular weight excluding hydrogens is 208 g/mol. The molecule has 1 heterocycles. The molecule has 0 aliphatic rings. The first-order chi connectivity index (χ1) is 7.61. The molecule has 1 aromatic rings. The predicted octanol–water partition coefficient (Wildman–Crippen LogP) is 0.437. The molecule has 0 aromatic carbocycles. The third-order valence-corrected chi connectivity index (χ3v) is 2.01. The van der Waals surface area contributed by atoms with Crippen LogP contribution in [-0.2, 0) is 16.0 Å². The van der Waals surface area contributed by atoms with Gasteiger partial charge < -0.3 is 10.6 Å². The lowest BCUT2D eigenvalue weighted by molar-refractivity contribution is -0.119. The average molecular weight is 224 g/mol. The van der Waals surface area contributed by atoms with Crippen LogP contribution in [0, 0.1) is 0 Å². The SMILES string of the molecule is CCc1cc(NC(=O)CCNC(C)=O)n[nH]1. The summed E-state index contributed by atoms with van der Waals surface area (Å²) >= 11 is 0. The molecule has 88 valence electrons. The van der Waals surface area contributed by atoms with E-state index in [1.54, 1.807) is 6.07 Å². The number of nitrogens with one attached hydrogen (secondary N) is 3. The van der Waals surface area contributed by atoms with E-state index in [1.165, 1.54) is 6.92 Å². The Kier molecular flexibility index (Phi) is 4.50. The Morgan fingerprint density at radius 1 is 1.50 bits per heavy atom. The van der Waals surface area contributed by atoms with E-state index in [0.717, 1.165) is 12.1 Å². The maximum absolute atomic E-state index is 11.4. The predicted molar refractivity (Wildman–Crippen MR) is 59.9 cm³/mol. The average Bonchev–Trinajstić information content (AvgIpc) is 2.65. The minimum absolute atomic E-state index is 0.138. The highest BCUT2D eigenvalue weighted by molar-refractivity contribution is 5.90. The van der Waals surface area contributed by atoms with E-state index < -0.39 is 0 Å². The number of carbonyl (C=O) groups excluding carboxylic acids is 2. The van der Waals surface area contributed by atoms with Gasteiger partial charge in [0.15, 0.2) is 5.82 Å². The van der Waals surface area contributed by atoms with Gasteiger partial charge in [0, 0.05) is 31.6 Å². The summed E-state index contributed by atoms with van der Waals surface area (Å²) in [5, 5.41) is 11.9. The van der Waals surface area contributed by atoms with Crippen molar-refractivity contribution in [3.8, 4) is 0 Å². The van der Waals surface area contributed by atoms with Gasteiger partial charge >= 0.3 is 0 Å². The number of hydrogen-bond acceptors (Lipinski definition) is 3. The van der Waals surface area contributed by atoms with Crippen molar-refractivity contribution in [3.05, 3.63) is 11.8 Å². The maximum atomic E-state index is 11.4. The Labute approximate surface area is 93.8 Å². The largest absolute Gasteiger partial charge is 0.356 e. The summed E-state index contributed by atoms with van der Waals surface area (Å²) in [5.41, 5.74) is 0.970. The second kappa shape index (κ2) is 5.89. The van der Waals surface area contributed by atoms with Gasteiger partial charge in [-0.15, -0.1) is 0 Å². The van der Waals surface area contributed by atoms with Crippen LogP contribution in [-0.4, -0.2) is 28.6 Å². The maximum Gasteiger partial charge on any atom is 0.227 e. The van der Waals surface area contributed by atoms with Crippen molar-refractivity contribution < 1.29 is 9.59 Å². The van der Waals surface area contributed by atoms with E-state index in [9.17, 15) is 9.59 Å². The van der Waals surface area contributed by atoms with E-state index >= 15 is 0 Å². The number of nitrogens with zero attached hydrogens (tertiary/aromatic N) is 1. The summed E-state index contributed by atoms with van der Waals surface area (Å²) in [7, 11) is 0. The van der Waals surface area contributed by atoms with Gasteiger partial charge in [0.2, 0.25) is 11.8 Å². The topological polar surface area (TPSA) is 86.9 Å². The first kappa shape index (κ1) is 12.2. The normalized spacial score (nSPS) is 9.88. The number of aromatic nitrogens is 2. The molecule has 6 nitrogen and oxygen atoms in total. The number of aryl methyl sites for hydroxylation is 1. The Hall–Kier alpha value is -1.85. The van der Waals surface area contributed by atoms with Crippen LogP contribution in [0.1, 0.15) is 26.0 Å². The fraction of sp³-hybridized carbons (Fsp3) is 0.500. The van der Waals surface area contributed by atoms with E-state index in [1.807, 2.05) is 6.92 Å². The monoisotopic (exact) mass is 224 g/mol. The fourth-order valence-electron chi connectivity index (χ4n) is 1.16. The number of carbonyl (C=O) groups is 2. The molecule has 0 fully saturated rings. The van der Waals surface area contributed by atoms with Gasteiger partial charge in [0.25, 0.3) is 0 Å². The van der Waals surface area contributed by atoms with Gasteiger partial charge in [0.05, 0.1) is 0 Å². The summed E-state index contributed by atoms with van der Waals surface area (Å²) in [5.74, 6) is 0.216. The fourth-order valence-corrected chi connectivity index (χ4v) is 1.16. The zero-order valence-electron chi connectivity index (χ0n) is 9.46. The highest BCUT2D eigenvalue weighted by Gasteiger charge is 2.05. The number of H-pyrrole nitrogens is 1. The van der Waals surface area contributed by atoms with E-state index in [2.05, 4.69) is 20.8 Å². The molecule has 0 aliphatic heterocycles. The van der Waals surface area contributed by atoms with Gasteiger partial charge in [-0.2, -0.15) is 5.10 Å². The van der Waals surface area contributed by atoms with Crippen molar-refractivity contribution in [3.63, 3.8) is 0 Å². The van der Waals surface area contributed by atoms with Crippen LogP contribution in [0.5, 0.6) is 0 Å². The third-order valence-electron chi connectivity index (χ3n) is 2.01. The summed E-state index contributed by atoms with van der Waals surface area (Å²) < 4.78 is 0. The molecule has 16 heavy (non-hydrogen) atoms. The van der Waals surface area contributed by atoms with Crippen molar-refractivity contribution in [2.45, 2.75) is 26.7 Å². The molecule has 0 saturated heterocycles. The summed E-state index contributed by atoms with van der Waals surface area (Å²) in [6.07, 6.45) is 1.09. The molecule has 0 spiro atoms. The van der Waals surface area contributed by atoms with Crippen molar-refractivity contribution in [1.29, 1.82) is 0 Å². The van der Waals surface area contributed by atoms with Crippen molar-refractivity contribution >= 4 is 17.6 Å². The smallest absolute Gasteiger partial charge is 0.227 e. The summed E-state index contributed by atoms with van der Waals surface area (Å²) in [4.78, 5) is 21.9. The standard InChI is InChI=1S/C10H16N4O2/c1-3-8-6-9(14-13-8)12-10(16)4-5-11-7(2)15/h6H,3-5H2,1-2H3,(H,11,15)(H2,12,13,14,16). The van der Waals surface area contributed by atoms with Gasteiger partial charge in [-0.05, 0) is 6.42 Å². The van der Waals surface area contributed by atoms with Gasteiger partial charge in [-0.3, -0.25) is 14.7 Å². The van der Waals surface area contributed by atoms with Crippen molar-refractivity contribution in [2.24, 2.45) is 0 Å². The minimum atomic E-state index is -0.164. The Morgan fingerprint density at radius 2 is 2.25 bits per heavy atom. The second-order valence-electron chi connectivity index (χ2n) is 3.41. The first-order valence-corrected chi connectivity index (χ1v) is 5.20. The second-order valence-corrected chi connectivity index (χ2v) is 3.41. The highest BCUT2D eigenvalue weighted by Crippen LogP contribution is 2.05. The van der Waals surface area contributed by atoms with Gasteiger partial charge in [0.1, 0.15) is 0 Å². The first-order valence-electron chi connectivity index (χ1n) is 5.20. The lowest BCUT2D eigenvalue weighted by atomic mass is 10.3. The molecule has 2 amide bonds. The number of aromatic amines is 1.